The standard InChI is InChI=1S/C12H10INO4S2/c1-7-11(6-10(19-7)12(15)16)20(17,18)14-9-4-2-8(13)3-5-9/h2-6,14H,1H3,(H,15,16). The fourth-order valence-corrected chi connectivity index (χ4v) is 4.42. The highest BCUT2D eigenvalue weighted by atomic mass is 127. The van der Waals surface area contributed by atoms with Crippen molar-refractivity contribution in [3.8, 4) is 0 Å². The third-order valence-corrected chi connectivity index (χ3v) is 5.86. The Bertz CT molecular complexity index is 750. The maximum Gasteiger partial charge on any atom is 0.345 e. The van der Waals surface area contributed by atoms with Crippen LogP contribution < -0.4 is 4.72 Å². The number of carbonyl (C=O) groups is 1. The van der Waals surface area contributed by atoms with Crippen LogP contribution in [0.3, 0.4) is 0 Å². The first-order valence-electron chi connectivity index (χ1n) is 5.42. The zero-order valence-corrected chi connectivity index (χ0v) is 14.0. The van der Waals surface area contributed by atoms with Gasteiger partial charge in [0.2, 0.25) is 0 Å². The van der Waals surface area contributed by atoms with Crippen LogP contribution in [-0.2, 0) is 10.0 Å². The Morgan fingerprint density at radius 3 is 2.40 bits per heavy atom. The first-order chi connectivity index (χ1) is 9.29. The van der Waals surface area contributed by atoms with E-state index in [4.69, 9.17) is 5.11 Å². The summed E-state index contributed by atoms with van der Waals surface area (Å²) < 4.78 is 27.9. The van der Waals surface area contributed by atoms with Gasteiger partial charge in [-0.1, -0.05) is 0 Å². The predicted octanol–water partition coefficient (Wildman–Crippen LogP) is 3.16. The number of aryl methyl sites for hydroxylation is 1. The number of aromatic carboxylic acids is 1. The molecule has 0 bridgehead atoms. The number of sulfonamides is 1. The Morgan fingerprint density at radius 2 is 1.90 bits per heavy atom. The van der Waals surface area contributed by atoms with Crippen LogP contribution in [0.5, 0.6) is 0 Å². The van der Waals surface area contributed by atoms with Gasteiger partial charge in [0.25, 0.3) is 10.0 Å². The summed E-state index contributed by atoms with van der Waals surface area (Å²) in [6.45, 7) is 1.58. The van der Waals surface area contributed by atoms with E-state index in [0.29, 0.717) is 10.6 Å². The molecule has 0 aliphatic heterocycles. The second-order valence-electron chi connectivity index (χ2n) is 3.95. The average Bonchev–Trinajstić information content (AvgIpc) is 2.75. The fourth-order valence-electron chi connectivity index (χ4n) is 1.57. The molecule has 0 unspecified atom stereocenters. The van der Waals surface area contributed by atoms with Gasteiger partial charge in [-0.05, 0) is 59.8 Å². The summed E-state index contributed by atoms with van der Waals surface area (Å²) in [5.41, 5.74) is 0.438. The molecule has 1 aromatic carbocycles. The molecule has 20 heavy (non-hydrogen) atoms. The zero-order valence-electron chi connectivity index (χ0n) is 10.3. The molecule has 0 amide bonds. The van der Waals surface area contributed by atoms with Gasteiger partial charge in [-0.2, -0.15) is 0 Å². The fraction of sp³-hybridized carbons (Fsp3) is 0.0833. The number of hydrogen-bond donors (Lipinski definition) is 2. The second-order valence-corrected chi connectivity index (χ2v) is 8.10. The molecule has 0 fully saturated rings. The van der Waals surface area contributed by atoms with Gasteiger partial charge in [-0.25, -0.2) is 13.2 Å². The molecule has 0 aliphatic rings. The van der Waals surface area contributed by atoms with E-state index in [0.717, 1.165) is 14.9 Å². The molecule has 0 spiro atoms. The molecule has 2 rings (SSSR count). The molecule has 0 saturated heterocycles. The van der Waals surface area contributed by atoms with Gasteiger partial charge in [0.15, 0.2) is 0 Å². The van der Waals surface area contributed by atoms with Crippen LogP contribution in [0, 0.1) is 10.5 Å². The van der Waals surface area contributed by atoms with Gasteiger partial charge < -0.3 is 5.11 Å². The van der Waals surface area contributed by atoms with Gasteiger partial charge in [-0.3, -0.25) is 4.72 Å². The third kappa shape index (κ3) is 3.30. The lowest BCUT2D eigenvalue weighted by Crippen LogP contribution is -2.13. The lowest BCUT2D eigenvalue weighted by molar-refractivity contribution is 0.0702. The SMILES string of the molecule is Cc1sc(C(=O)O)cc1S(=O)(=O)Nc1ccc(I)cc1. The van der Waals surface area contributed by atoms with Gasteiger partial charge in [0.1, 0.15) is 9.77 Å². The van der Waals surface area contributed by atoms with Crippen molar-refractivity contribution in [1.29, 1.82) is 0 Å². The van der Waals surface area contributed by atoms with Gasteiger partial charge >= 0.3 is 5.97 Å². The largest absolute Gasteiger partial charge is 0.477 e. The van der Waals surface area contributed by atoms with E-state index in [1.807, 2.05) is 0 Å². The van der Waals surface area contributed by atoms with E-state index in [2.05, 4.69) is 27.3 Å². The quantitative estimate of drug-likeness (QED) is 0.741. The third-order valence-electron chi connectivity index (χ3n) is 2.47. The number of thiophene rings is 1. The van der Waals surface area contributed by atoms with Crippen molar-refractivity contribution < 1.29 is 18.3 Å². The van der Waals surface area contributed by atoms with Crippen molar-refractivity contribution in [3.05, 3.63) is 43.7 Å². The summed E-state index contributed by atoms with van der Waals surface area (Å²) in [6, 6.07) is 8.04. The number of nitrogens with one attached hydrogen (secondary N) is 1. The number of carboxylic acid groups (broad SMARTS) is 1. The maximum atomic E-state index is 12.2. The number of halogens is 1. The monoisotopic (exact) mass is 423 g/mol. The summed E-state index contributed by atoms with van der Waals surface area (Å²) in [4.78, 5) is 11.3. The summed E-state index contributed by atoms with van der Waals surface area (Å²) in [6.07, 6.45) is 0. The minimum atomic E-state index is -3.77. The molecule has 0 radical (unpaired) electrons. The van der Waals surface area contributed by atoms with Crippen molar-refractivity contribution in [2.45, 2.75) is 11.8 Å². The van der Waals surface area contributed by atoms with Gasteiger partial charge in [0.05, 0.1) is 0 Å². The van der Waals surface area contributed by atoms with Crippen molar-refractivity contribution in [1.82, 2.24) is 0 Å². The number of carboxylic acids is 1. The molecule has 1 aromatic heterocycles. The average molecular weight is 423 g/mol. The number of benzene rings is 1. The summed E-state index contributed by atoms with van der Waals surface area (Å²) >= 11 is 3.06. The Morgan fingerprint density at radius 1 is 1.30 bits per heavy atom. The van der Waals surface area contributed by atoms with Crippen molar-refractivity contribution in [2.75, 3.05) is 4.72 Å². The van der Waals surface area contributed by atoms with Crippen LogP contribution in [0.4, 0.5) is 5.69 Å². The molecule has 0 saturated carbocycles. The van der Waals surface area contributed by atoms with Crippen LogP contribution in [-0.4, -0.2) is 19.5 Å². The van der Waals surface area contributed by atoms with Crippen LogP contribution in [0.2, 0.25) is 0 Å². The van der Waals surface area contributed by atoms with Crippen molar-refractivity contribution in [2.24, 2.45) is 0 Å². The van der Waals surface area contributed by atoms with Crippen molar-refractivity contribution >= 4 is 55.6 Å². The summed E-state index contributed by atoms with van der Waals surface area (Å²) in [5, 5.41) is 8.90. The topological polar surface area (TPSA) is 83.5 Å². The van der Waals surface area contributed by atoms with E-state index >= 15 is 0 Å². The molecule has 5 nitrogen and oxygen atoms in total. The Kier molecular flexibility index (Phi) is 4.35. The van der Waals surface area contributed by atoms with E-state index in [-0.39, 0.29) is 9.77 Å². The van der Waals surface area contributed by atoms with Gasteiger partial charge in [0, 0.05) is 14.1 Å². The second kappa shape index (κ2) is 5.70. The van der Waals surface area contributed by atoms with Crippen LogP contribution in [0.15, 0.2) is 35.2 Å². The highest BCUT2D eigenvalue weighted by molar-refractivity contribution is 14.1. The highest BCUT2D eigenvalue weighted by Gasteiger charge is 2.22. The Balaban J connectivity index is 2.35. The maximum absolute atomic E-state index is 12.2. The zero-order chi connectivity index (χ0) is 14.9. The molecule has 8 heteroatoms. The minimum Gasteiger partial charge on any atom is -0.477 e. The number of rotatable bonds is 4. The van der Waals surface area contributed by atoms with Crippen molar-refractivity contribution in [3.63, 3.8) is 0 Å². The Hall–Kier alpha value is -1.13. The highest BCUT2D eigenvalue weighted by Crippen LogP contribution is 2.27. The Labute approximate surface area is 133 Å². The van der Waals surface area contributed by atoms with E-state index in [1.54, 1.807) is 31.2 Å². The smallest absolute Gasteiger partial charge is 0.345 e. The van der Waals surface area contributed by atoms with E-state index < -0.39 is 16.0 Å². The molecule has 0 atom stereocenters. The molecular formula is C12H10INO4S2. The van der Waals surface area contributed by atoms with E-state index in [9.17, 15) is 13.2 Å². The predicted molar refractivity (Wildman–Crippen MR) is 86.0 cm³/mol. The number of anilines is 1. The van der Waals surface area contributed by atoms with E-state index in [1.165, 1.54) is 6.07 Å². The number of hydrogen-bond acceptors (Lipinski definition) is 4. The first kappa shape index (κ1) is 15.3. The molecule has 0 aliphatic carbocycles. The summed E-state index contributed by atoms with van der Waals surface area (Å²) in [5.74, 6) is -1.13. The molecule has 2 aromatic rings. The summed E-state index contributed by atoms with van der Waals surface area (Å²) in [7, 11) is -3.77. The van der Waals surface area contributed by atoms with Crippen LogP contribution in [0.25, 0.3) is 0 Å². The lowest BCUT2D eigenvalue weighted by atomic mass is 10.3. The van der Waals surface area contributed by atoms with Gasteiger partial charge in [-0.15, -0.1) is 11.3 Å². The molecule has 106 valence electrons. The normalized spacial score (nSPS) is 11.3. The lowest BCUT2D eigenvalue weighted by Gasteiger charge is -2.07. The molecule has 1 heterocycles. The minimum absolute atomic E-state index is 0.00144. The molecular weight excluding hydrogens is 413 g/mol. The molecule has 2 N–H and O–H groups in total. The first-order valence-corrected chi connectivity index (χ1v) is 8.79. The van der Waals surface area contributed by atoms with Crippen LogP contribution >= 0.6 is 33.9 Å². The van der Waals surface area contributed by atoms with Crippen LogP contribution in [0.1, 0.15) is 14.5 Å².